The zero-order chi connectivity index (χ0) is 19.6. The number of piperidine rings is 1. The molecular formula is C19H26N6O2. The Hall–Kier alpha value is -2.90. The minimum absolute atomic E-state index is 0.00743. The predicted octanol–water partition coefficient (Wildman–Crippen LogP) is 1.30. The summed E-state index contributed by atoms with van der Waals surface area (Å²) in [5.41, 5.74) is 0.785. The fourth-order valence-corrected chi connectivity index (χ4v) is 3.51. The number of likely N-dealkylation sites (tertiary alicyclic amines) is 1. The van der Waals surface area contributed by atoms with Crippen LogP contribution in [0.4, 0.5) is 5.82 Å². The second kappa shape index (κ2) is 7.38. The Labute approximate surface area is 159 Å². The van der Waals surface area contributed by atoms with E-state index in [-0.39, 0.29) is 11.8 Å². The number of likely N-dealkylation sites (N-methyl/N-ethyl adjacent to an activating group) is 1. The van der Waals surface area contributed by atoms with E-state index in [0.29, 0.717) is 31.5 Å². The molecule has 1 saturated heterocycles. The average Bonchev–Trinajstić information content (AvgIpc) is 3.05. The van der Waals surface area contributed by atoms with Gasteiger partial charge in [-0.05, 0) is 31.4 Å². The smallest absolute Gasteiger partial charge is 0.255 e. The molecule has 144 valence electrons. The van der Waals surface area contributed by atoms with Crippen LogP contribution in [0.15, 0.2) is 30.7 Å². The number of aryl methyl sites for hydroxylation is 2. The topological polar surface area (TPSA) is 83.4 Å². The van der Waals surface area contributed by atoms with Crippen LogP contribution in [0.1, 0.15) is 28.8 Å². The highest BCUT2D eigenvalue weighted by atomic mass is 16.2. The van der Waals surface area contributed by atoms with E-state index in [1.54, 1.807) is 47.2 Å². The van der Waals surface area contributed by atoms with Crippen LogP contribution in [0.3, 0.4) is 0 Å². The largest absolute Gasteiger partial charge is 0.356 e. The fraction of sp³-hybridized carbons (Fsp3) is 0.474. The number of anilines is 1. The molecule has 2 aromatic rings. The van der Waals surface area contributed by atoms with Gasteiger partial charge in [0.05, 0.1) is 11.8 Å². The molecule has 3 heterocycles. The first-order chi connectivity index (χ1) is 12.8. The molecule has 1 aliphatic heterocycles. The van der Waals surface area contributed by atoms with E-state index in [1.165, 1.54) is 0 Å². The molecule has 0 unspecified atom stereocenters. The third kappa shape index (κ3) is 3.79. The van der Waals surface area contributed by atoms with Gasteiger partial charge in [0.15, 0.2) is 0 Å². The van der Waals surface area contributed by atoms with Crippen molar-refractivity contribution in [2.24, 2.45) is 7.05 Å². The maximum absolute atomic E-state index is 13.0. The van der Waals surface area contributed by atoms with Gasteiger partial charge in [0, 0.05) is 52.7 Å². The van der Waals surface area contributed by atoms with Gasteiger partial charge in [0.2, 0.25) is 5.91 Å². The average molecular weight is 370 g/mol. The van der Waals surface area contributed by atoms with Crippen molar-refractivity contribution in [3.63, 3.8) is 0 Å². The molecule has 0 radical (unpaired) electrons. The lowest BCUT2D eigenvalue weighted by Crippen LogP contribution is -2.59. The third-order valence-electron chi connectivity index (χ3n) is 5.03. The van der Waals surface area contributed by atoms with E-state index in [2.05, 4.69) is 15.4 Å². The normalized spacial score (nSPS) is 16.1. The van der Waals surface area contributed by atoms with Crippen LogP contribution < -0.4 is 5.32 Å². The highest BCUT2D eigenvalue weighted by Crippen LogP contribution is 2.29. The molecule has 0 bridgehead atoms. The van der Waals surface area contributed by atoms with Crippen molar-refractivity contribution in [2.75, 3.05) is 32.5 Å². The van der Waals surface area contributed by atoms with Crippen LogP contribution >= 0.6 is 0 Å². The van der Waals surface area contributed by atoms with E-state index in [4.69, 9.17) is 0 Å². The monoisotopic (exact) mass is 370 g/mol. The standard InChI is InChI=1S/C19H26N6O2/c1-14-11-15(13-20-12-14)17(26)25-9-6-19(7-10-25,18(27)23(2)3)22-16-5-8-21-24(16)4/h5,8,11-13,22H,6-7,9-10H2,1-4H3. The van der Waals surface area contributed by atoms with Crippen LogP contribution in [0.5, 0.6) is 0 Å². The summed E-state index contributed by atoms with van der Waals surface area (Å²) in [6.45, 7) is 2.91. The Bertz CT molecular complexity index is 836. The Morgan fingerprint density at radius 2 is 1.93 bits per heavy atom. The molecule has 3 rings (SSSR count). The Balaban J connectivity index is 1.78. The molecule has 0 aromatic carbocycles. The number of rotatable bonds is 4. The first kappa shape index (κ1) is 18.9. The van der Waals surface area contributed by atoms with Crippen LogP contribution in [0.2, 0.25) is 0 Å². The van der Waals surface area contributed by atoms with E-state index < -0.39 is 5.54 Å². The lowest BCUT2D eigenvalue weighted by molar-refractivity contribution is -0.135. The molecule has 0 spiro atoms. The molecule has 8 heteroatoms. The lowest BCUT2D eigenvalue weighted by atomic mass is 9.85. The second-order valence-electron chi connectivity index (χ2n) is 7.29. The van der Waals surface area contributed by atoms with Crippen molar-refractivity contribution >= 4 is 17.6 Å². The zero-order valence-corrected chi connectivity index (χ0v) is 16.3. The highest BCUT2D eigenvalue weighted by molar-refractivity contribution is 5.95. The molecule has 1 aliphatic rings. The summed E-state index contributed by atoms with van der Waals surface area (Å²) in [7, 11) is 5.34. The van der Waals surface area contributed by atoms with Gasteiger partial charge in [0.25, 0.3) is 5.91 Å². The molecule has 0 atom stereocenters. The number of nitrogens with one attached hydrogen (secondary N) is 1. The molecule has 2 aromatic heterocycles. The summed E-state index contributed by atoms with van der Waals surface area (Å²) in [5, 5.41) is 7.56. The number of hydrogen-bond donors (Lipinski definition) is 1. The molecule has 0 aliphatic carbocycles. The van der Waals surface area contributed by atoms with Crippen molar-refractivity contribution < 1.29 is 9.59 Å². The number of nitrogens with zero attached hydrogens (tertiary/aromatic N) is 5. The first-order valence-corrected chi connectivity index (χ1v) is 9.01. The van der Waals surface area contributed by atoms with Gasteiger partial charge in [-0.3, -0.25) is 19.3 Å². The van der Waals surface area contributed by atoms with Crippen molar-refractivity contribution in [3.8, 4) is 0 Å². The summed E-state index contributed by atoms with van der Waals surface area (Å²) >= 11 is 0. The molecular weight excluding hydrogens is 344 g/mol. The van der Waals surface area contributed by atoms with Gasteiger partial charge >= 0.3 is 0 Å². The molecule has 1 fully saturated rings. The Morgan fingerprint density at radius 3 is 2.48 bits per heavy atom. The van der Waals surface area contributed by atoms with Crippen LogP contribution in [0.25, 0.3) is 0 Å². The number of carbonyl (C=O) groups is 2. The van der Waals surface area contributed by atoms with Gasteiger partial charge in [-0.25, -0.2) is 0 Å². The van der Waals surface area contributed by atoms with Crippen LogP contribution in [0, 0.1) is 6.92 Å². The van der Waals surface area contributed by atoms with Crippen LogP contribution in [-0.2, 0) is 11.8 Å². The Kier molecular flexibility index (Phi) is 5.16. The van der Waals surface area contributed by atoms with Crippen LogP contribution in [-0.4, -0.2) is 69.1 Å². The first-order valence-electron chi connectivity index (χ1n) is 9.01. The number of hydrogen-bond acceptors (Lipinski definition) is 5. The number of aromatic nitrogens is 3. The van der Waals surface area contributed by atoms with Crippen molar-refractivity contribution in [1.29, 1.82) is 0 Å². The summed E-state index contributed by atoms with van der Waals surface area (Å²) in [4.78, 5) is 33.3. The van der Waals surface area contributed by atoms with Crippen molar-refractivity contribution in [1.82, 2.24) is 24.6 Å². The summed E-state index contributed by atoms with van der Waals surface area (Å²) in [6, 6.07) is 3.69. The summed E-state index contributed by atoms with van der Waals surface area (Å²) in [5.74, 6) is 0.749. The SMILES string of the molecule is Cc1cncc(C(=O)N2CCC(Nc3ccnn3C)(C(=O)N(C)C)CC2)c1. The van der Waals surface area contributed by atoms with Gasteiger partial charge in [0.1, 0.15) is 11.4 Å². The predicted molar refractivity (Wildman–Crippen MR) is 102 cm³/mol. The summed E-state index contributed by atoms with van der Waals surface area (Å²) < 4.78 is 1.71. The second-order valence-corrected chi connectivity index (χ2v) is 7.29. The molecule has 1 N–H and O–H groups in total. The highest BCUT2D eigenvalue weighted by Gasteiger charge is 2.43. The maximum Gasteiger partial charge on any atom is 0.255 e. The molecule has 27 heavy (non-hydrogen) atoms. The third-order valence-corrected chi connectivity index (χ3v) is 5.03. The molecule has 0 saturated carbocycles. The van der Waals surface area contributed by atoms with E-state index in [1.807, 2.05) is 26.1 Å². The zero-order valence-electron chi connectivity index (χ0n) is 16.3. The Morgan fingerprint density at radius 1 is 1.22 bits per heavy atom. The lowest BCUT2D eigenvalue weighted by Gasteiger charge is -2.42. The van der Waals surface area contributed by atoms with Gasteiger partial charge in [-0.1, -0.05) is 0 Å². The summed E-state index contributed by atoms with van der Waals surface area (Å²) in [6.07, 6.45) is 6.07. The van der Waals surface area contributed by atoms with Gasteiger partial charge in [-0.15, -0.1) is 0 Å². The van der Waals surface area contributed by atoms with Gasteiger partial charge in [-0.2, -0.15) is 5.10 Å². The number of pyridine rings is 1. The van der Waals surface area contributed by atoms with Crippen molar-refractivity contribution in [3.05, 3.63) is 41.9 Å². The fourth-order valence-electron chi connectivity index (χ4n) is 3.51. The minimum Gasteiger partial charge on any atom is -0.356 e. The van der Waals surface area contributed by atoms with Crippen molar-refractivity contribution in [2.45, 2.75) is 25.3 Å². The van der Waals surface area contributed by atoms with E-state index in [9.17, 15) is 9.59 Å². The minimum atomic E-state index is -0.751. The quantitative estimate of drug-likeness (QED) is 0.877. The van der Waals surface area contributed by atoms with Gasteiger partial charge < -0.3 is 15.1 Å². The number of carbonyl (C=O) groups excluding carboxylic acids is 2. The maximum atomic E-state index is 13.0. The molecule has 8 nitrogen and oxygen atoms in total. The van der Waals surface area contributed by atoms with E-state index in [0.717, 1.165) is 11.4 Å². The number of amides is 2. The molecule has 2 amide bonds. The van der Waals surface area contributed by atoms with E-state index >= 15 is 0 Å².